The Labute approximate surface area is 137 Å². The summed E-state index contributed by atoms with van der Waals surface area (Å²) in [6, 6.07) is 7.54. The third kappa shape index (κ3) is 4.37. The first-order chi connectivity index (χ1) is 11.0. The fourth-order valence-electron chi connectivity index (χ4n) is 2.86. The number of rotatable bonds is 4. The molecule has 1 aromatic carbocycles. The SMILES string of the molecule is CCNC(=O)[C@@H]1CCCN(C(=O)Nc2ccccc2N(C)C)C1. The molecule has 0 bridgehead atoms. The molecule has 1 atom stereocenters. The number of carbonyl (C=O) groups excluding carboxylic acids is 2. The van der Waals surface area contributed by atoms with Crippen molar-refractivity contribution in [3.8, 4) is 0 Å². The maximum Gasteiger partial charge on any atom is 0.321 e. The van der Waals surface area contributed by atoms with E-state index in [-0.39, 0.29) is 17.9 Å². The molecule has 6 heteroatoms. The van der Waals surface area contributed by atoms with E-state index in [0.29, 0.717) is 19.6 Å². The Hall–Kier alpha value is -2.24. The van der Waals surface area contributed by atoms with Gasteiger partial charge in [-0.2, -0.15) is 0 Å². The van der Waals surface area contributed by atoms with Gasteiger partial charge in [0.25, 0.3) is 0 Å². The van der Waals surface area contributed by atoms with Gasteiger partial charge in [-0.15, -0.1) is 0 Å². The molecule has 1 aromatic rings. The van der Waals surface area contributed by atoms with Crippen LogP contribution < -0.4 is 15.5 Å². The number of para-hydroxylation sites is 2. The molecule has 0 spiro atoms. The minimum atomic E-state index is -0.145. The van der Waals surface area contributed by atoms with E-state index >= 15 is 0 Å². The summed E-state index contributed by atoms with van der Waals surface area (Å²) in [6.45, 7) is 3.69. The lowest BCUT2D eigenvalue weighted by Crippen LogP contribution is -2.46. The van der Waals surface area contributed by atoms with E-state index in [1.165, 1.54) is 0 Å². The van der Waals surface area contributed by atoms with Gasteiger partial charge in [-0.1, -0.05) is 12.1 Å². The zero-order chi connectivity index (χ0) is 16.8. The molecule has 0 radical (unpaired) electrons. The van der Waals surface area contributed by atoms with Crippen LogP contribution in [0.4, 0.5) is 16.2 Å². The Morgan fingerprint density at radius 1 is 1.30 bits per heavy atom. The molecule has 3 amide bonds. The van der Waals surface area contributed by atoms with E-state index in [1.807, 2.05) is 50.2 Å². The Balaban J connectivity index is 2.02. The number of likely N-dealkylation sites (tertiary alicyclic amines) is 1. The highest BCUT2D eigenvalue weighted by Crippen LogP contribution is 2.24. The molecule has 6 nitrogen and oxygen atoms in total. The number of nitrogens with zero attached hydrogens (tertiary/aromatic N) is 2. The smallest absolute Gasteiger partial charge is 0.321 e. The van der Waals surface area contributed by atoms with Gasteiger partial charge in [0.15, 0.2) is 0 Å². The summed E-state index contributed by atoms with van der Waals surface area (Å²) in [7, 11) is 3.88. The van der Waals surface area contributed by atoms with Gasteiger partial charge < -0.3 is 20.4 Å². The van der Waals surface area contributed by atoms with Crippen molar-refractivity contribution in [2.75, 3.05) is 43.9 Å². The van der Waals surface area contributed by atoms with Crippen molar-refractivity contribution >= 4 is 23.3 Å². The van der Waals surface area contributed by atoms with Crippen LogP contribution in [-0.2, 0) is 4.79 Å². The number of anilines is 2. The van der Waals surface area contributed by atoms with E-state index in [2.05, 4.69) is 10.6 Å². The van der Waals surface area contributed by atoms with Crippen LogP contribution in [0.1, 0.15) is 19.8 Å². The molecule has 0 aliphatic carbocycles. The van der Waals surface area contributed by atoms with Gasteiger partial charge in [-0.3, -0.25) is 4.79 Å². The molecule has 0 unspecified atom stereocenters. The van der Waals surface area contributed by atoms with Gasteiger partial charge >= 0.3 is 6.03 Å². The van der Waals surface area contributed by atoms with Gasteiger partial charge in [-0.25, -0.2) is 4.79 Å². The molecule has 1 saturated heterocycles. The summed E-state index contributed by atoms with van der Waals surface area (Å²) < 4.78 is 0. The molecule has 1 aliphatic rings. The average Bonchev–Trinajstić information content (AvgIpc) is 2.55. The van der Waals surface area contributed by atoms with Crippen molar-refractivity contribution in [1.82, 2.24) is 10.2 Å². The van der Waals surface area contributed by atoms with Gasteiger partial charge in [0.1, 0.15) is 0 Å². The number of hydrogen-bond acceptors (Lipinski definition) is 3. The van der Waals surface area contributed by atoms with Gasteiger partial charge in [0.05, 0.1) is 17.3 Å². The third-order valence-corrected chi connectivity index (χ3v) is 4.06. The predicted molar refractivity (Wildman–Crippen MR) is 92.8 cm³/mol. The number of piperidine rings is 1. The molecule has 2 N–H and O–H groups in total. The van der Waals surface area contributed by atoms with Gasteiger partial charge in [-0.05, 0) is 31.9 Å². The average molecular weight is 318 g/mol. The Morgan fingerprint density at radius 3 is 2.74 bits per heavy atom. The second-order valence-corrected chi connectivity index (χ2v) is 6.02. The van der Waals surface area contributed by atoms with Crippen LogP contribution in [0.2, 0.25) is 0 Å². The molecule has 1 aliphatic heterocycles. The second kappa shape index (κ2) is 7.85. The first kappa shape index (κ1) is 17.1. The highest BCUT2D eigenvalue weighted by Gasteiger charge is 2.28. The van der Waals surface area contributed by atoms with Crippen molar-refractivity contribution < 1.29 is 9.59 Å². The first-order valence-corrected chi connectivity index (χ1v) is 8.13. The maximum atomic E-state index is 12.5. The van der Waals surface area contributed by atoms with Crippen LogP contribution in [-0.4, -0.2) is 50.6 Å². The molecular formula is C17H26N4O2. The lowest BCUT2D eigenvalue weighted by atomic mass is 9.97. The Kier molecular flexibility index (Phi) is 5.84. The van der Waals surface area contributed by atoms with Crippen LogP contribution in [0.3, 0.4) is 0 Å². The summed E-state index contributed by atoms with van der Waals surface area (Å²) in [5, 5.41) is 5.81. The van der Waals surface area contributed by atoms with E-state index < -0.39 is 0 Å². The molecule has 1 fully saturated rings. The number of amides is 3. The summed E-state index contributed by atoms with van der Waals surface area (Å²) >= 11 is 0. The monoisotopic (exact) mass is 318 g/mol. The third-order valence-electron chi connectivity index (χ3n) is 4.06. The number of hydrogen-bond donors (Lipinski definition) is 2. The fourth-order valence-corrected chi connectivity index (χ4v) is 2.86. The molecule has 126 valence electrons. The van der Waals surface area contributed by atoms with Crippen LogP contribution in [0.5, 0.6) is 0 Å². The Morgan fingerprint density at radius 2 is 2.04 bits per heavy atom. The maximum absolute atomic E-state index is 12.5. The van der Waals surface area contributed by atoms with Crippen LogP contribution in [0, 0.1) is 5.92 Å². The van der Waals surface area contributed by atoms with E-state index in [9.17, 15) is 9.59 Å². The standard InChI is InChI=1S/C17H26N4O2/c1-4-18-16(22)13-8-7-11-21(12-13)17(23)19-14-9-5-6-10-15(14)20(2)3/h5-6,9-10,13H,4,7-8,11-12H2,1-3H3,(H,18,22)(H,19,23)/t13-/m1/s1. The van der Waals surface area contributed by atoms with Crippen LogP contribution >= 0.6 is 0 Å². The number of urea groups is 1. The van der Waals surface area contributed by atoms with Gasteiger partial charge in [0, 0.05) is 33.7 Å². The predicted octanol–water partition coefficient (Wildman–Crippen LogP) is 2.13. The largest absolute Gasteiger partial charge is 0.376 e. The molecule has 2 rings (SSSR count). The first-order valence-electron chi connectivity index (χ1n) is 8.13. The minimum Gasteiger partial charge on any atom is -0.376 e. The summed E-state index contributed by atoms with van der Waals surface area (Å²) in [6.07, 6.45) is 1.69. The number of benzene rings is 1. The zero-order valence-electron chi connectivity index (χ0n) is 14.1. The molecular weight excluding hydrogens is 292 g/mol. The quantitative estimate of drug-likeness (QED) is 0.894. The second-order valence-electron chi connectivity index (χ2n) is 6.02. The normalized spacial score (nSPS) is 17.5. The van der Waals surface area contributed by atoms with Crippen molar-refractivity contribution in [2.45, 2.75) is 19.8 Å². The molecule has 0 aromatic heterocycles. The molecule has 1 heterocycles. The van der Waals surface area contributed by atoms with Gasteiger partial charge in [0.2, 0.25) is 5.91 Å². The summed E-state index contributed by atoms with van der Waals surface area (Å²) in [5.74, 6) is -0.0720. The van der Waals surface area contributed by atoms with E-state index in [4.69, 9.17) is 0 Å². The lowest BCUT2D eigenvalue weighted by molar-refractivity contribution is -0.126. The van der Waals surface area contributed by atoms with Crippen molar-refractivity contribution in [2.24, 2.45) is 5.92 Å². The number of carbonyl (C=O) groups is 2. The lowest BCUT2D eigenvalue weighted by Gasteiger charge is -2.32. The van der Waals surface area contributed by atoms with Crippen molar-refractivity contribution in [1.29, 1.82) is 0 Å². The highest BCUT2D eigenvalue weighted by atomic mass is 16.2. The summed E-state index contributed by atoms with van der Waals surface area (Å²) in [5.41, 5.74) is 1.74. The minimum absolute atomic E-state index is 0.0405. The van der Waals surface area contributed by atoms with Crippen LogP contribution in [0.25, 0.3) is 0 Å². The Bertz CT molecular complexity index is 559. The van der Waals surface area contributed by atoms with E-state index in [1.54, 1.807) is 4.90 Å². The topological polar surface area (TPSA) is 64.7 Å². The van der Waals surface area contributed by atoms with Crippen LogP contribution in [0.15, 0.2) is 24.3 Å². The van der Waals surface area contributed by atoms with Crippen molar-refractivity contribution in [3.63, 3.8) is 0 Å². The highest BCUT2D eigenvalue weighted by molar-refractivity contribution is 5.93. The molecule has 23 heavy (non-hydrogen) atoms. The fraction of sp³-hybridized carbons (Fsp3) is 0.529. The summed E-state index contributed by atoms with van der Waals surface area (Å²) in [4.78, 5) is 28.2. The zero-order valence-corrected chi connectivity index (χ0v) is 14.1. The van der Waals surface area contributed by atoms with Crippen molar-refractivity contribution in [3.05, 3.63) is 24.3 Å². The van der Waals surface area contributed by atoms with E-state index in [0.717, 1.165) is 24.2 Å². The number of nitrogens with one attached hydrogen (secondary N) is 2. The molecule has 0 saturated carbocycles.